The number of carbonyl (C=O) groups excluding carboxylic acids is 1. The van der Waals surface area contributed by atoms with Gasteiger partial charge in [0.15, 0.2) is 0 Å². The minimum Gasteiger partial charge on any atom is -0.406 e. The molecule has 0 saturated heterocycles. The molecular formula is C19H21F3N2O2. The van der Waals surface area contributed by atoms with Crippen LogP contribution in [-0.4, -0.2) is 18.5 Å². The molecule has 0 radical (unpaired) electrons. The zero-order valence-electron chi connectivity index (χ0n) is 14.3. The smallest absolute Gasteiger partial charge is 0.406 e. The highest BCUT2D eigenvalue weighted by Crippen LogP contribution is 2.60. The summed E-state index contributed by atoms with van der Waals surface area (Å²) in [6.45, 7) is 0. The lowest BCUT2D eigenvalue weighted by Crippen LogP contribution is -2.52. The van der Waals surface area contributed by atoms with Gasteiger partial charge >= 0.3 is 6.36 Å². The van der Waals surface area contributed by atoms with Crippen molar-refractivity contribution < 1.29 is 22.7 Å². The van der Waals surface area contributed by atoms with Gasteiger partial charge in [0.05, 0.1) is 11.6 Å². The van der Waals surface area contributed by atoms with E-state index in [4.69, 9.17) is 0 Å². The molecule has 7 heteroatoms. The quantitative estimate of drug-likeness (QED) is 0.640. The average molecular weight is 366 g/mol. The number of nitrogens with zero attached hydrogens (tertiary/aromatic N) is 1. The Labute approximate surface area is 149 Å². The van der Waals surface area contributed by atoms with E-state index in [0.717, 1.165) is 19.3 Å². The molecule has 0 unspecified atom stereocenters. The largest absolute Gasteiger partial charge is 0.573 e. The lowest BCUT2D eigenvalue weighted by molar-refractivity contribution is -0.274. The van der Waals surface area contributed by atoms with Crippen molar-refractivity contribution in [1.29, 1.82) is 0 Å². The van der Waals surface area contributed by atoms with Gasteiger partial charge in [-0.05, 0) is 86.1 Å². The molecule has 0 atom stereocenters. The summed E-state index contributed by atoms with van der Waals surface area (Å²) in [5.41, 5.74) is 2.98. The lowest BCUT2D eigenvalue weighted by atomic mass is 9.49. The van der Waals surface area contributed by atoms with Crippen LogP contribution in [0, 0.1) is 23.2 Å². The number of hydrogen-bond donors (Lipinski definition) is 1. The van der Waals surface area contributed by atoms with Crippen LogP contribution in [0.2, 0.25) is 0 Å². The van der Waals surface area contributed by atoms with Crippen molar-refractivity contribution in [3.63, 3.8) is 0 Å². The van der Waals surface area contributed by atoms with E-state index in [-0.39, 0.29) is 17.1 Å². The van der Waals surface area contributed by atoms with E-state index in [1.807, 2.05) is 0 Å². The van der Waals surface area contributed by atoms with Crippen LogP contribution in [0.5, 0.6) is 5.75 Å². The first-order chi connectivity index (χ1) is 12.3. The average Bonchev–Trinajstić information content (AvgIpc) is 2.54. The van der Waals surface area contributed by atoms with E-state index >= 15 is 0 Å². The predicted octanol–water partition coefficient (Wildman–Crippen LogP) is 4.25. The van der Waals surface area contributed by atoms with Gasteiger partial charge in [0, 0.05) is 0 Å². The summed E-state index contributed by atoms with van der Waals surface area (Å²) in [6.07, 6.45) is 3.42. The fraction of sp³-hybridized carbons (Fsp3) is 0.579. The Kier molecular flexibility index (Phi) is 4.20. The number of hydrazone groups is 1. The molecule has 4 aliphatic carbocycles. The predicted molar refractivity (Wildman–Crippen MR) is 89.5 cm³/mol. The third kappa shape index (κ3) is 3.57. The molecule has 5 rings (SSSR count). The standard InChI is InChI=1S/C19H21F3N2O2/c20-19(21,22)26-16-3-1-12(2-4-16)11-23-24-17(25)18-8-13-5-14(9-18)7-15(6-13)10-18/h1-4,11,13-15H,5-10H2,(H,24,25)/b23-11-. The summed E-state index contributed by atoms with van der Waals surface area (Å²) in [6, 6.07) is 5.36. The highest BCUT2D eigenvalue weighted by Gasteiger charge is 2.54. The number of ether oxygens (including phenoxy) is 1. The van der Waals surface area contributed by atoms with E-state index in [1.165, 1.54) is 49.7 Å². The normalized spacial score (nSPS) is 32.8. The van der Waals surface area contributed by atoms with Crippen molar-refractivity contribution in [2.75, 3.05) is 0 Å². The maximum absolute atomic E-state index is 12.7. The van der Waals surface area contributed by atoms with Crippen LogP contribution in [0.1, 0.15) is 44.1 Å². The Morgan fingerprint density at radius 1 is 1.08 bits per heavy atom. The van der Waals surface area contributed by atoms with Crippen molar-refractivity contribution in [3.05, 3.63) is 29.8 Å². The number of alkyl halides is 3. The van der Waals surface area contributed by atoms with Gasteiger partial charge in [-0.2, -0.15) is 5.10 Å². The zero-order valence-corrected chi connectivity index (χ0v) is 14.3. The fourth-order valence-corrected chi connectivity index (χ4v) is 5.43. The number of carbonyl (C=O) groups is 1. The highest BCUT2D eigenvalue weighted by molar-refractivity contribution is 5.85. The molecular weight excluding hydrogens is 345 g/mol. The SMILES string of the molecule is O=C(N/N=C\c1ccc(OC(F)(F)F)cc1)C12CC3CC(CC(C3)C1)C2. The minimum absolute atomic E-state index is 0.00938. The lowest BCUT2D eigenvalue weighted by Gasteiger charge is -2.55. The van der Waals surface area contributed by atoms with Gasteiger partial charge in [0.25, 0.3) is 0 Å². The first kappa shape index (κ1) is 17.4. The molecule has 140 valence electrons. The monoisotopic (exact) mass is 366 g/mol. The van der Waals surface area contributed by atoms with Gasteiger partial charge in [0.1, 0.15) is 5.75 Å². The third-order valence-corrected chi connectivity index (χ3v) is 6.01. The fourth-order valence-electron chi connectivity index (χ4n) is 5.43. The summed E-state index contributed by atoms with van der Waals surface area (Å²) >= 11 is 0. The van der Waals surface area contributed by atoms with Gasteiger partial charge in [-0.15, -0.1) is 13.2 Å². The first-order valence-corrected chi connectivity index (χ1v) is 9.01. The van der Waals surface area contributed by atoms with Gasteiger partial charge in [-0.3, -0.25) is 4.79 Å². The molecule has 1 amide bonds. The Balaban J connectivity index is 1.36. The van der Waals surface area contributed by atoms with Crippen LogP contribution >= 0.6 is 0 Å². The van der Waals surface area contributed by atoms with Gasteiger partial charge in [-0.1, -0.05) is 0 Å². The first-order valence-electron chi connectivity index (χ1n) is 9.01. The van der Waals surface area contributed by atoms with Crippen LogP contribution in [-0.2, 0) is 4.79 Å². The summed E-state index contributed by atoms with van der Waals surface area (Å²) < 4.78 is 40.3. The summed E-state index contributed by atoms with van der Waals surface area (Å²) in [5, 5.41) is 4.02. The van der Waals surface area contributed by atoms with Gasteiger partial charge in [0.2, 0.25) is 5.91 Å². The number of hydrogen-bond acceptors (Lipinski definition) is 3. The molecule has 0 heterocycles. The van der Waals surface area contributed by atoms with Crippen molar-refractivity contribution in [3.8, 4) is 5.75 Å². The second kappa shape index (κ2) is 6.28. The van der Waals surface area contributed by atoms with Crippen molar-refractivity contribution in [2.24, 2.45) is 28.3 Å². The van der Waals surface area contributed by atoms with E-state index in [2.05, 4.69) is 15.3 Å². The molecule has 4 fully saturated rings. The van der Waals surface area contributed by atoms with Gasteiger partial charge in [-0.25, -0.2) is 5.43 Å². The molecule has 0 aromatic heterocycles. The third-order valence-electron chi connectivity index (χ3n) is 6.01. The van der Waals surface area contributed by atoms with Crippen LogP contribution in [0.25, 0.3) is 0 Å². The van der Waals surface area contributed by atoms with Crippen molar-refractivity contribution in [2.45, 2.75) is 44.9 Å². The Hall–Kier alpha value is -2.05. The van der Waals surface area contributed by atoms with Crippen LogP contribution < -0.4 is 10.2 Å². The molecule has 0 aliphatic heterocycles. The van der Waals surface area contributed by atoms with E-state index < -0.39 is 6.36 Å². The molecule has 1 aromatic rings. The summed E-state index contributed by atoms with van der Waals surface area (Å²) in [7, 11) is 0. The number of benzene rings is 1. The van der Waals surface area contributed by atoms with E-state index in [1.54, 1.807) is 0 Å². The van der Waals surface area contributed by atoms with Crippen molar-refractivity contribution in [1.82, 2.24) is 5.43 Å². The Bertz CT molecular complexity index is 677. The van der Waals surface area contributed by atoms with E-state index in [9.17, 15) is 18.0 Å². The topological polar surface area (TPSA) is 50.7 Å². The summed E-state index contributed by atoms with van der Waals surface area (Å²) in [4.78, 5) is 12.7. The summed E-state index contributed by atoms with van der Waals surface area (Å²) in [5.74, 6) is 1.74. The molecule has 4 aliphatic rings. The molecule has 4 saturated carbocycles. The number of amides is 1. The number of halogens is 3. The molecule has 1 aromatic carbocycles. The van der Waals surface area contributed by atoms with Gasteiger partial charge < -0.3 is 4.74 Å². The molecule has 1 N–H and O–H groups in total. The molecule has 0 spiro atoms. The maximum atomic E-state index is 12.7. The minimum atomic E-state index is -4.71. The Morgan fingerprint density at radius 3 is 2.12 bits per heavy atom. The van der Waals surface area contributed by atoms with Crippen LogP contribution in [0.3, 0.4) is 0 Å². The second-order valence-corrected chi connectivity index (χ2v) is 8.01. The Morgan fingerprint density at radius 2 is 1.62 bits per heavy atom. The molecule has 4 nitrogen and oxygen atoms in total. The molecule has 26 heavy (non-hydrogen) atoms. The molecule has 4 bridgehead atoms. The van der Waals surface area contributed by atoms with E-state index in [0.29, 0.717) is 23.3 Å². The second-order valence-electron chi connectivity index (χ2n) is 8.01. The number of rotatable bonds is 4. The van der Waals surface area contributed by atoms with Crippen LogP contribution in [0.15, 0.2) is 29.4 Å². The van der Waals surface area contributed by atoms with Crippen LogP contribution in [0.4, 0.5) is 13.2 Å². The van der Waals surface area contributed by atoms with Crippen molar-refractivity contribution >= 4 is 12.1 Å². The number of nitrogens with one attached hydrogen (secondary N) is 1. The zero-order chi connectivity index (χ0) is 18.4. The highest BCUT2D eigenvalue weighted by atomic mass is 19.4. The maximum Gasteiger partial charge on any atom is 0.573 e.